The van der Waals surface area contributed by atoms with Crippen molar-refractivity contribution in [2.45, 2.75) is 19.8 Å². The third-order valence-corrected chi connectivity index (χ3v) is 4.26. The van der Waals surface area contributed by atoms with Crippen LogP contribution in [0.15, 0.2) is 30.3 Å². The second-order valence-corrected chi connectivity index (χ2v) is 6.14. The molecule has 126 valence electrons. The van der Waals surface area contributed by atoms with Crippen molar-refractivity contribution in [2.75, 3.05) is 24.6 Å². The molecular formula is C17H20N4O3. The van der Waals surface area contributed by atoms with Crippen molar-refractivity contribution in [3.63, 3.8) is 0 Å². The molecule has 3 rings (SSSR count). The molecule has 1 aliphatic rings. The molecule has 1 aliphatic heterocycles. The molecule has 2 aromatic rings. The van der Waals surface area contributed by atoms with Crippen molar-refractivity contribution in [1.29, 1.82) is 0 Å². The number of nitro groups is 1. The van der Waals surface area contributed by atoms with Gasteiger partial charge < -0.3 is 10.0 Å². The van der Waals surface area contributed by atoms with E-state index in [2.05, 4.69) is 14.9 Å². The topological polar surface area (TPSA) is 92.4 Å². The van der Waals surface area contributed by atoms with Gasteiger partial charge in [0, 0.05) is 49.2 Å². The fourth-order valence-electron chi connectivity index (χ4n) is 3.02. The summed E-state index contributed by atoms with van der Waals surface area (Å²) in [5.41, 5.74) is 1.47. The molecule has 1 aromatic heterocycles. The Morgan fingerprint density at radius 2 is 2.21 bits per heavy atom. The van der Waals surface area contributed by atoms with Crippen LogP contribution >= 0.6 is 0 Å². The molecule has 0 amide bonds. The van der Waals surface area contributed by atoms with E-state index in [1.165, 1.54) is 12.1 Å². The standard InChI is InChI=1S/C17H20N4O3/c1-12-8-16(20-7-3-4-13(10-20)11-22)19-17(18-12)14-5-2-6-15(9-14)21(23)24/h2,5-6,8-9,13,22H,3-4,7,10-11H2,1H3. The fraction of sp³-hybridized carbons (Fsp3) is 0.412. The zero-order valence-electron chi connectivity index (χ0n) is 13.6. The average molecular weight is 328 g/mol. The highest BCUT2D eigenvalue weighted by Gasteiger charge is 2.21. The van der Waals surface area contributed by atoms with Crippen LogP contribution in [0.5, 0.6) is 0 Å². The Kier molecular flexibility index (Phi) is 4.71. The van der Waals surface area contributed by atoms with Crippen LogP contribution < -0.4 is 4.90 Å². The van der Waals surface area contributed by atoms with E-state index in [0.717, 1.165) is 37.4 Å². The maximum atomic E-state index is 11.0. The van der Waals surface area contributed by atoms with Gasteiger partial charge in [0.1, 0.15) is 5.82 Å². The van der Waals surface area contributed by atoms with Crippen molar-refractivity contribution in [2.24, 2.45) is 5.92 Å². The predicted octanol–water partition coefficient (Wildman–Crippen LogP) is 2.57. The van der Waals surface area contributed by atoms with Crippen molar-refractivity contribution in [1.82, 2.24) is 9.97 Å². The smallest absolute Gasteiger partial charge is 0.270 e. The van der Waals surface area contributed by atoms with Gasteiger partial charge in [-0.15, -0.1) is 0 Å². The molecule has 2 heterocycles. The first-order chi connectivity index (χ1) is 11.6. The van der Waals surface area contributed by atoms with E-state index in [1.807, 2.05) is 13.0 Å². The molecule has 1 aromatic carbocycles. The fourth-order valence-corrected chi connectivity index (χ4v) is 3.02. The van der Waals surface area contributed by atoms with E-state index in [0.29, 0.717) is 11.4 Å². The molecule has 1 unspecified atom stereocenters. The van der Waals surface area contributed by atoms with Gasteiger partial charge in [-0.3, -0.25) is 10.1 Å². The Balaban J connectivity index is 1.94. The quantitative estimate of drug-likeness (QED) is 0.685. The molecule has 0 bridgehead atoms. The molecular weight excluding hydrogens is 308 g/mol. The van der Waals surface area contributed by atoms with Crippen molar-refractivity contribution in [3.8, 4) is 11.4 Å². The number of nitro benzene ring substituents is 1. The lowest BCUT2D eigenvalue weighted by Gasteiger charge is -2.33. The highest BCUT2D eigenvalue weighted by Crippen LogP contribution is 2.26. The molecule has 0 spiro atoms. The molecule has 0 radical (unpaired) electrons. The number of hydrogen-bond donors (Lipinski definition) is 1. The van der Waals surface area contributed by atoms with Crippen LogP contribution in [0.3, 0.4) is 0 Å². The highest BCUT2D eigenvalue weighted by molar-refractivity contribution is 5.61. The summed E-state index contributed by atoms with van der Waals surface area (Å²) in [5.74, 6) is 1.55. The number of aliphatic hydroxyl groups excluding tert-OH is 1. The third-order valence-electron chi connectivity index (χ3n) is 4.26. The van der Waals surface area contributed by atoms with Gasteiger partial charge in [0.25, 0.3) is 5.69 Å². The van der Waals surface area contributed by atoms with Gasteiger partial charge in [0.15, 0.2) is 5.82 Å². The predicted molar refractivity (Wildman–Crippen MR) is 90.9 cm³/mol. The molecule has 0 saturated carbocycles. The van der Waals surface area contributed by atoms with Crippen molar-refractivity contribution < 1.29 is 10.0 Å². The van der Waals surface area contributed by atoms with Crippen molar-refractivity contribution >= 4 is 11.5 Å². The maximum absolute atomic E-state index is 11.0. The van der Waals surface area contributed by atoms with E-state index in [1.54, 1.807) is 12.1 Å². The Labute approximate surface area is 140 Å². The summed E-state index contributed by atoms with van der Waals surface area (Å²) in [6.07, 6.45) is 2.04. The molecule has 1 fully saturated rings. The monoisotopic (exact) mass is 328 g/mol. The van der Waals surface area contributed by atoms with Gasteiger partial charge in [-0.1, -0.05) is 12.1 Å². The number of nitrogens with zero attached hydrogens (tertiary/aromatic N) is 4. The third kappa shape index (κ3) is 3.51. The van der Waals surface area contributed by atoms with E-state index in [9.17, 15) is 15.2 Å². The number of aliphatic hydroxyl groups is 1. The van der Waals surface area contributed by atoms with Gasteiger partial charge in [0.05, 0.1) is 4.92 Å². The lowest BCUT2D eigenvalue weighted by molar-refractivity contribution is -0.384. The Morgan fingerprint density at radius 1 is 1.38 bits per heavy atom. The number of anilines is 1. The molecule has 0 aliphatic carbocycles. The summed E-state index contributed by atoms with van der Waals surface area (Å²) in [6, 6.07) is 8.28. The van der Waals surface area contributed by atoms with Crippen LogP contribution in [0, 0.1) is 23.0 Å². The van der Waals surface area contributed by atoms with Crippen LogP contribution in [0.1, 0.15) is 18.5 Å². The normalized spacial score (nSPS) is 17.8. The van der Waals surface area contributed by atoms with E-state index < -0.39 is 4.92 Å². The number of aromatic nitrogens is 2. The molecule has 7 heteroatoms. The van der Waals surface area contributed by atoms with E-state index >= 15 is 0 Å². The Morgan fingerprint density at radius 3 is 2.96 bits per heavy atom. The number of piperidine rings is 1. The van der Waals surface area contributed by atoms with Crippen molar-refractivity contribution in [3.05, 3.63) is 46.1 Å². The number of rotatable bonds is 4. The Bertz CT molecular complexity index is 750. The second kappa shape index (κ2) is 6.92. The minimum absolute atomic E-state index is 0.0254. The van der Waals surface area contributed by atoms with Crippen LogP contribution in [-0.4, -0.2) is 39.7 Å². The zero-order chi connectivity index (χ0) is 17.1. The average Bonchev–Trinajstić information content (AvgIpc) is 2.61. The summed E-state index contributed by atoms with van der Waals surface area (Å²) in [5, 5.41) is 20.4. The van der Waals surface area contributed by atoms with Gasteiger partial charge in [-0.05, 0) is 25.7 Å². The number of benzene rings is 1. The summed E-state index contributed by atoms with van der Waals surface area (Å²) < 4.78 is 0. The summed E-state index contributed by atoms with van der Waals surface area (Å²) in [7, 11) is 0. The van der Waals surface area contributed by atoms with Crippen LogP contribution in [0.4, 0.5) is 11.5 Å². The lowest BCUT2D eigenvalue weighted by Crippen LogP contribution is -2.37. The summed E-state index contributed by atoms with van der Waals surface area (Å²) in [4.78, 5) is 21.7. The lowest BCUT2D eigenvalue weighted by atomic mass is 9.99. The van der Waals surface area contributed by atoms with Crippen LogP contribution in [0.25, 0.3) is 11.4 Å². The van der Waals surface area contributed by atoms with E-state index in [-0.39, 0.29) is 18.2 Å². The van der Waals surface area contributed by atoms with E-state index in [4.69, 9.17) is 0 Å². The van der Waals surface area contributed by atoms with Gasteiger partial charge in [-0.25, -0.2) is 9.97 Å². The number of hydrogen-bond acceptors (Lipinski definition) is 6. The number of non-ortho nitro benzene ring substituents is 1. The first kappa shape index (κ1) is 16.3. The summed E-state index contributed by atoms with van der Waals surface area (Å²) in [6.45, 7) is 3.72. The molecule has 1 N–H and O–H groups in total. The SMILES string of the molecule is Cc1cc(N2CCCC(CO)C2)nc(-c2cccc([N+](=O)[O-])c2)n1. The van der Waals surface area contributed by atoms with Gasteiger partial charge in [-0.2, -0.15) is 0 Å². The molecule has 1 atom stereocenters. The highest BCUT2D eigenvalue weighted by atomic mass is 16.6. The van der Waals surface area contributed by atoms with Crippen LogP contribution in [-0.2, 0) is 0 Å². The molecule has 7 nitrogen and oxygen atoms in total. The second-order valence-electron chi connectivity index (χ2n) is 6.14. The molecule has 1 saturated heterocycles. The first-order valence-corrected chi connectivity index (χ1v) is 8.03. The Hall–Kier alpha value is -2.54. The maximum Gasteiger partial charge on any atom is 0.270 e. The first-order valence-electron chi connectivity index (χ1n) is 8.03. The van der Waals surface area contributed by atoms with Gasteiger partial charge in [0.2, 0.25) is 0 Å². The zero-order valence-corrected chi connectivity index (χ0v) is 13.6. The van der Waals surface area contributed by atoms with Crippen LogP contribution in [0.2, 0.25) is 0 Å². The largest absolute Gasteiger partial charge is 0.396 e. The van der Waals surface area contributed by atoms with Gasteiger partial charge >= 0.3 is 0 Å². The number of aryl methyl sites for hydroxylation is 1. The minimum atomic E-state index is -0.420. The summed E-state index contributed by atoms with van der Waals surface area (Å²) >= 11 is 0. The molecule has 24 heavy (non-hydrogen) atoms. The minimum Gasteiger partial charge on any atom is -0.396 e.